The molecule has 0 unspecified atom stereocenters. The number of aromatic nitrogens is 3. The molecule has 2 heterocycles. The third-order valence-electron chi connectivity index (χ3n) is 6.62. The number of esters is 1. The van der Waals surface area contributed by atoms with Gasteiger partial charge in [-0.3, -0.25) is 14.6 Å². The Labute approximate surface area is 233 Å². The highest BCUT2D eigenvalue weighted by Gasteiger charge is 2.22. The summed E-state index contributed by atoms with van der Waals surface area (Å²) in [6, 6.07) is 16.6. The summed E-state index contributed by atoms with van der Waals surface area (Å²) in [5.74, 6) is -1.35. The number of hydrogen-bond donors (Lipinski definition) is 0. The highest BCUT2D eigenvalue weighted by atomic mass is 19.1. The Morgan fingerprint density at radius 3 is 2.33 bits per heavy atom. The topological polar surface area (TPSA) is 74.1 Å². The average molecular weight is 546 g/mol. The lowest BCUT2D eigenvalue weighted by atomic mass is 9.92. The minimum absolute atomic E-state index is 0.0384. The van der Waals surface area contributed by atoms with Gasteiger partial charge in [0.05, 0.1) is 36.3 Å². The molecule has 0 atom stereocenters. The fourth-order valence-electron chi connectivity index (χ4n) is 4.40. The van der Waals surface area contributed by atoms with Crippen LogP contribution in [0.3, 0.4) is 0 Å². The number of pyridine rings is 1. The van der Waals surface area contributed by atoms with Gasteiger partial charge in [-0.1, -0.05) is 39.0 Å². The fourth-order valence-corrected chi connectivity index (χ4v) is 4.40. The third-order valence-corrected chi connectivity index (χ3v) is 6.62. The predicted molar refractivity (Wildman–Crippen MR) is 148 cm³/mol. The largest absolute Gasteiger partial charge is 0.469 e. The SMILES string of the molecule is COC(=O)Cc1cc(CCc2ccc(CC(=O)Cc3cc(C(C)(C)C)nn3-c3cccc(F)c3)c(F)c2)ccn1. The molecule has 0 aliphatic rings. The van der Waals surface area contributed by atoms with Gasteiger partial charge in [-0.25, -0.2) is 13.5 Å². The first-order valence-electron chi connectivity index (χ1n) is 13.2. The Morgan fingerprint density at radius 2 is 1.65 bits per heavy atom. The van der Waals surface area contributed by atoms with E-state index < -0.39 is 11.6 Å². The van der Waals surface area contributed by atoms with Gasteiger partial charge in [0.2, 0.25) is 0 Å². The summed E-state index contributed by atoms with van der Waals surface area (Å²) in [5, 5.41) is 4.65. The van der Waals surface area contributed by atoms with Crippen molar-refractivity contribution in [1.29, 1.82) is 0 Å². The number of benzene rings is 2. The van der Waals surface area contributed by atoms with Crippen molar-refractivity contribution in [3.63, 3.8) is 0 Å². The predicted octanol–water partition coefficient (Wildman–Crippen LogP) is 5.70. The van der Waals surface area contributed by atoms with Crippen LogP contribution in [-0.4, -0.2) is 33.6 Å². The van der Waals surface area contributed by atoms with Crippen LogP contribution in [0.25, 0.3) is 5.69 Å². The highest BCUT2D eigenvalue weighted by molar-refractivity contribution is 5.83. The molecule has 4 aromatic rings. The Hall–Kier alpha value is -4.20. The molecule has 0 N–H and O–H groups in total. The second-order valence-corrected chi connectivity index (χ2v) is 10.9. The summed E-state index contributed by atoms with van der Waals surface area (Å²) >= 11 is 0. The molecule has 2 aromatic heterocycles. The Bertz CT molecular complexity index is 1520. The van der Waals surface area contributed by atoms with E-state index in [4.69, 9.17) is 4.74 Å². The Kier molecular flexibility index (Phi) is 8.87. The minimum atomic E-state index is -0.430. The molecule has 0 saturated carbocycles. The van der Waals surface area contributed by atoms with E-state index in [1.165, 1.54) is 25.3 Å². The van der Waals surface area contributed by atoms with Crippen LogP contribution in [0, 0.1) is 11.6 Å². The van der Waals surface area contributed by atoms with Crippen LogP contribution in [0.1, 0.15) is 54.5 Å². The van der Waals surface area contributed by atoms with Crippen molar-refractivity contribution >= 4 is 11.8 Å². The number of carbonyl (C=O) groups excluding carboxylic acids is 2. The lowest BCUT2D eigenvalue weighted by molar-refractivity contribution is -0.139. The first-order valence-corrected chi connectivity index (χ1v) is 13.2. The van der Waals surface area contributed by atoms with Crippen molar-refractivity contribution in [1.82, 2.24) is 14.8 Å². The third kappa shape index (κ3) is 7.46. The van der Waals surface area contributed by atoms with Crippen molar-refractivity contribution in [2.45, 2.75) is 58.3 Å². The molecule has 0 amide bonds. The van der Waals surface area contributed by atoms with Crippen molar-refractivity contribution in [3.8, 4) is 5.69 Å². The first kappa shape index (κ1) is 28.8. The summed E-state index contributed by atoms with van der Waals surface area (Å²) in [6.45, 7) is 6.05. The van der Waals surface area contributed by atoms with E-state index in [-0.39, 0.29) is 36.4 Å². The quantitative estimate of drug-likeness (QED) is 0.239. The zero-order valence-electron chi connectivity index (χ0n) is 23.2. The molecule has 0 bridgehead atoms. The van der Waals surface area contributed by atoms with E-state index in [0.29, 0.717) is 35.5 Å². The molecule has 4 rings (SSSR count). The zero-order valence-corrected chi connectivity index (χ0v) is 23.2. The van der Waals surface area contributed by atoms with Crippen LogP contribution in [-0.2, 0) is 51.8 Å². The summed E-state index contributed by atoms with van der Waals surface area (Å²) < 4.78 is 35.2. The molecule has 208 valence electrons. The van der Waals surface area contributed by atoms with E-state index >= 15 is 0 Å². The summed E-state index contributed by atoms with van der Waals surface area (Å²) in [7, 11) is 1.34. The van der Waals surface area contributed by atoms with Crippen LogP contribution in [0.2, 0.25) is 0 Å². The molecule has 0 spiro atoms. The molecule has 6 nitrogen and oxygen atoms in total. The molecule has 0 saturated heterocycles. The van der Waals surface area contributed by atoms with E-state index in [9.17, 15) is 18.4 Å². The van der Waals surface area contributed by atoms with Crippen LogP contribution >= 0.6 is 0 Å². The number of nitrogens with zero attached hydrogens (tertiary/aromatic N) is 3. The number of hydrogen-bond acceptors (Lipinski definition) is 5. The number of rotatable bonds is 10. The van der Waals surface area contributed by atoms with Crippen molar-refractivity contribution < 1.29 is 23.1 Å². The van der Waals surface area contributed by atoms with Gasteiger partial charge in [-0.2, -0.15) is 5.10 Å². The monoisotopic (exact) mass is 545 g/mol. The number of ether oxygens (including phenoxy) is 1. The molecule has 0 fully saturated rings. The van der Waals surface area contributed by atoms with E-state index in [2.05, 4.69) is 10.1 Å². The van der Waals surface area contributed by atoms with Gasteiger partial charge in [0.25, 0.3) is 0 Å². The van der Waals surface area contributed by atoms with Gasteiger partial charge in [-0.05, 0) is 72.0 Å². The molecule has 2 aromatic carbocycles. The number of halogens is 2. The maximum Gasteiger partial charge on any atom is 0.311 e. The summed E-state index contributed by atoms with van der Waals surface area (Å²) in [4.78, 5) is 28.7. The second kappa shape index (κ2) is 12.3. The lowest BCUT2D eigenvalue weighted by Crippen LogP contribution is -2.13. The number of carbonyl (C=O) groups is 2. The van der Waals surface area contributed by atoms with Gasteiger partial charge < -0.3 is 4.74 Å². The normalized spacial score (nSPS) is 11.4. The first-order chi connectivity index (χ1) is 19.0. The van der Waals surface area contributed by atoms with Crippen LogP contribution < -0.4 is 0 Å². The van der Waals surface area contributed by atoms with E-state index in [1.807, 2.05) is 45.0 Å². The van der Waals surface area contributed by atoms with Crippen molar-refractivity contribution in [2.75, 3.05) is 7.11 Å². The minimum Gasteiger partial charge on any atom is -0.469 e. The van der Waals surface area contributed by atoms with Gasteiger partial charge in [0.15, 0.2) is 0 Å². The zero-order chi connectivity index (χ0) is 28.9. The maximum atomic E-state index is 15.0. The lowest BCUT2D eigenvalue weighted by Gasteiger charge is -2.14. The number of methoxy groups -OCH3 is 1. The number of ketones is 1. The summed E-state index contributed by atoms with van der Waals surface area (Å²) in [6.07, 6.45) is 2.96. The standard InChI is InChI=1S/C32H33F2N3O3/c1-32(2,3)30-20-27(37(36-30)26-7-5-6-24(33)17-26)19-28(38)16-23-11-10-21(15-29(23)34)8-9-22-12-13-35-25(14-22)18-31(39)40-4/h5-7,10-15,17,20H,8-9,16,18-19H2,1-4H3. The summed E-state index contributed by atoms with van der Waals surface area (Å²) in [5.41, 5.74) is 4.40. The molecular weight excluding hydrogens is 512 g/mol. The number of aryl methyl sites for hydroxylation is 2. The van der Waals surface area contributed by atoms with Crippen molar-refractivity contribution in [3.05, 3.63) is 112 Å². The Morgan fingerprint density at radius 1 is 0.900 bits per heavy atom. The fraction of sp³-hybridized carbons (Fsp3) is 0.312. The molecule has 8 heteroatoms. The van der Waals surface area contributed by atoms with Crippen LogP contribution in [0.4, 0.5) is 8.78 Å². The molecule has 0 aliphatic carbocycles. The molecule has 0 radical (unpaired) electrons. The van der Waals surface area contributed by atoms with Crippen LogP contribution in [0.15, 0.2) is 66.9 Å². The smallest absolute Gasteiger partial charge is 0.311 e. The van der Waals surface area contributed by atoms with E-state index in [0.717, 1.165) is 16.8 Å². The van der Waals surface area contributed by atoms with Gasteiger partial charge in [0.1, 0.15) is 17.4 Å². The van der Waals surface area contributed by atoms with Crippen molar-refractivity contribution in [2.24, 2.45) is 0 Å². The van der Waals surface area contributed by atoms with Gasteiger partial charge in [-0.15, -0.1) is 0 Å². The maximum absolute atomic E-state index is 15.0. The number of Topliss-reactive ketones (excluding diaryl/α,β-unsaturated/α-hetero) is 1. The van der Waals surface area contributed by atoms with Gasteiger partial charge >= 0.3 is 5.97 Å². The van der Waals surface area contributed by atoms with E-state index in [1.54, 1.807) is 29.1 Å². The van der Waals surface area contributed by atoms with Crippen LogP contribution in [0.5, 0.6) is 0 Å². The molecule has 0 aliphatic heterocycles. The Balaban J connectivity index is 1.43. The highest BCUT2D eigenvalue weighted by Crippen LogP contribution is 2.25. The molecular formula is C32H33F2N3O3. The average Bonchev–Trinajstić information content (AvgIpc) is 3.33. The second-order valence-electron chi connectivity index (χ2n) is 10.9. The molecule has 40 heavy (non-hydrogen) atoms. The van der Waals surface area contributed by atoms with Gasteiger partial charge in [0, 0.05) is 24.5 Å².